The van der Waals surface area contributed by atoms with Crippen molar-refractivity contribution in [1.82, 2.24) is 8.96 Å². The molecule has 0 aliphatic carbocycles. The molecule has 0 radical (unpaired) electrons. The van der Waals surface area contributed by atoms with Gasteiger partial charge in [-0.1, -0.05) is 12.1 Å². The van der Waals surface area contributed by atoms with Crippen molar-refractivity contribution in [1.29, 1.82) is 0 Å². The summed E-state index contributed by atoms with van der Waals surface area (Å²) in [6.07, 6.45) is 0. The van der Waals surface area contributed by atoms with Gasteiger partial charge in [0.2, 0.25) is 5.28 Å². The van der Waals surface area contributed by atoms with Gasteiger partial charge in [0.15, 0.2) is 12.3 Å². The number of fused-ring (bicyclic) bond motifs is 1. The summed E-state index contributed by atoms with van der Waals surface area (Å²) in [5.74, 6) is 0. The molecule has 2 nitrogen and oxygen atoms in total. The Morgan fingerprint density at radius 3 is 2.92 bits per heavy atom. The van der Waals surface area contributed by atoms with Gasteiger partial charge in [-0.15, -0.1) is 3.89 Å². The fourth-order valence-corrected chi connectivity index (χ4v) is 1.63. The van der Waals surface area contributed by atoms with Crippen LogP contribution in [0.15, 0.2) is 24.3 Å². The maximum absolute atomic E-state index is 12.3. The molecule has 1 aromatic carbocycles. The number of nitrogens with zero attached hydrogens (tertiary/aromatic N) is 2. The number of rotatable bonds is 1. The van der Waals surface area contributed by atoms with Crippen LogP contribution in [0.3, 0.4) is 0 Å². The van der Waals surface area contributed by atoms with Gasteiger partial charge in [0.1, 0.15) is 0 Å². The maximum atomic E-state index is 12.3. The van der Waals surface area contributed by atoms with E-state index in [1.165, 1.54) is 3.97 Å². The van der Waals surface area contributed by atoms with Crippen LogP contribution in [0.2, 0.25) is 5.28 Å². The number of hydrogen-bond donors (Lipinski definition) is 0. The van der Waals surface area contributed by atoms with Crippen molar-refractivity contribution < 1.29 is 3.89 Å². The van der Waals surface area contributed by atoms with E-state index >= 15 is 0 Å². The molecule has 0 spiro atoms. The van der Waals surface area contributed by atoms with Gasteiger partial charge >= 0.3 is 0 Å². The number of imidazole rings is 1. The summed E-state index contributed by atoms with van der Waals surface area (Å²) in [5.41, 5.74) is 1.39. The average molecular weight is 203 g/mol. The van der Waals surface area contributed by atoms with E-state index in [0.717, 1.165) is 0 Å². The first-order chi connectivity index (χ1) is 5.83. The maximum Gasteiger partial charge on any atom is 0.216 e. The third kappa shape index (κ3) is 1.07. The van der Waals surface area contributed by atoms with Gasteiger partial charge in [0, 0.05) is 0 Å². The molecule has 0 bridgehead atoms. The molecule has 12 heavy (non-hydrogen) atoms. The van der Waals surface area contributed by atoms with Gasteiger partial charge in [0.25, 0.3) is 0 Å². The first-order valence-corrected chi connectivity index (χ1v) is 4.30. The van der Waals surface area contributed by atoms with Gasteiger partial charge in [0.05, 0.1) is 11.0 Å². The van der Waals surface area contributed by atoms with Crippen molar-refractivity contribution in [2.24, 2.45) is 0 Å². The van der Waals surface area contributed by atoms with Crippen LogP contribution in [-0.4, -0.2) is 8.96 Å². The van der Waals surface area contributed by atoms with Crippen molar-refractivity contribution in [2.45, 2.75) is 0 Å². The quantitative estimate of drug-likeness (QED) is 0.707. The Morgan fingerprint density at radius 1 is 1.42 bits per heavy atom. The summed E-state index contributed by atoms with van der Waals surface area (Å²) in [6.45, 7) is 0. The lowest BCUT2D eigenvalue weighted by molar-refractivity contribution is 0.919. The second-order valence-electron chi connectivity index (χ2n) is 2.23. The molecule has 0 atom stereocenters. The summed E-state index contributed by atoms with van der Waals surface area (Å²) >= 11 is 5.71. The van der Waals surface area contributed by atoms with Crippen LogP contribution >= 0.6 is 23.9 Å². The summed E-state index contributed by atoms with van der Waals surface area (Å²) in [5, 5.41) is 0.156. The zero-order valence-corrected chi connectivity index (χ0v) is 7.44. The average Bonchev–Trinajstić information content (AvgIpc) is 2.40. The fourth-order valence-electron chi connectivity index (χ4n) is 1.04. The van der Waals surface area contributed by atoms with Gasteiger partial charge in [-0.3, -0.25) is 0 Å². The van der Waals surface area contributed by atoms with Crippen LogP contribution < -0.4 is 0 Å². The van der Waals surface area contributed by atoms with Gasteiger partial charge in [-0.25, -0.2) is 8.96 Å². The molecule has 2 aromatic rings. The monoisotopic (exact) mass is 202 g/mol. The molecular weight excluding hydrogens is 199 g/mol. The van der Waals surface area contributed by atoms with Crippen molar-refractivity contribution in [3.8, 4) is 0 Å². The van der Waals surface area contributed by atoms with E-state index in [1.807, 2.05) is 12.1 Å². The minimum Gasteiger partial charge on any atom is -0.228 e. The SMILES string of the molecule is FSn1c(Cl)nc2ccccc21. The van der Waals surface area contributed by atoms with Crippen LogP contribution in [-0.2, 0) is 0 Å². The smallest absolute Gasteiger partial charge is 0.216 e. The fraction of sp³-hybridized carbons (Fsp3) is 0. The van der Waals surface area contributed by atoms with Gasteiger partial charge in [-0.05, 0) is 23.7 Å². The number of aromatic nitrogens is 2. The zero-order chi connectivity index (χ0) is 8.55. The Balaban J connectivity index is 2.81. The van der Waals surface area contributed by atoms with Crippen LogP contribution in [0.1, 0.15) is 0 Å². The Morgan fingerprint density at radius 2 is 2.17 bits per heavy atom. The van der Waals surface area contributed by atoms with E-state index < -0.39 is 0 Å². The summed E-state index contributed by atoms with van der Waals surface area (Å²) < 4.78 is 13.5. The van der Waals surface area contributed by atoms with E-state index in [1.54, 1.807) is 12.1 Å². The Bertz CT molecular complexity index is 415. The number of benzene rings is 1. The number of hydrogen-bond acceptors (Lipinski definition) is 2. The second-order valence-corrected chi connectivity index (χ2v) is 3.07. The van der Waals surface area contributed by atoms with E-state index in [2.05, 4.69) is 4.98 Å². The highest BCUT2D eigenvalue weighted by Gasteiger charge is 2.07. The van der Waals surface area contributed by atoms with Crippen LogP contribution in [0.25, 0.3) is 11.0 Å². The van der Waals surface area contributed by atoms with E-state index in [9.17, 15) is 3.89 Å². The molecule has 2 rings (SSSR count). The zero-order valence-electron chi connectivity index (χ0n) is 5.87. The molecule has 1 aromatic heterocycles. The second kappa shape index (κ2) is 2.95. The van der Waals surface area contributed by atoms with E-state index in [4.69, 9.17) is 11.6 Å². The molecular formula is C7H4ClFN2S. The van der Waals surface area contributed by atoms with E-state index in [-0.39, 0.29) is 17.6 Å². The minimum atomic E-state index is 0.0538. The highest BCUT2D eigenvalue weighted by atomic mass is 35.5. The molecule has 62 valence electrons. The van der Waals surface area contributed by atoms with Crippen molar-refractivity contribution in [3.63, 3.8) is 0 Å². The lowest BCUT2D eigenvalue weighted by Gasteiger charge is -1.93. The highest BCUT2D eigenvalue weighted by Crippen LogP contribution is 2.24. The largest absolute Gasteiger partial charge is 0.228 e. The first kappa shape index (κ1) is 7.89. The van der Waals surface area contributed by atoms with Crippen LogP contribution in [0.4, 0.5) is 3.89 Å². The molecule has 0 saturated heterocycles. The van der Waals surface area contributed by atoms with Crippen LogP contribution in [0.5, 0.6) is 0 Å². The normalized spacial score (nSPS) is 10.8. The highest BCUT2D eigenvalue weighted by molar-refractivity contribution is 7.93. The molecule has 0 aliphatic heterocycles. The Labute approximate surface area is 77.8 Å². The third-order valence-corrected chi connectivity index (χ3v) is 2.41. The van der Waals surface area contributed by atoms with Crippen molar-refractivity contribution in [3.05, 3.63) is 29.5 Å². The third-order valence-electron chi connectivity index (χ3n) is 1.55. The molecule has 0 fully saturated rings. The number of halogens is 2. The topological polar surface area (TPSA) is 17.8 Å². The first-order valence-electron chi connectivity index (χ1n) is 3.25. The minimum absolute atomic E-state index is 0.0538. The molecule has 0 aliphatic rings. The summed E-state index contributed by atoms with van der Waals surface area (Å²) in [4.78, 5) is 3.95. The molecule has 0 unspecified atom stereocenters. The van der Waals surface area contributed by atoms with Crippen molar-refractivity contribution >= 4 is 35.0 Å². The lowest BCUT2D eigenvalue weighted by Crippen LogP contribution is -1.80. The molecule has 0 N–H and O–H groups in total. The van der Waals surface area contributed by atoms with Crippen LogP contribution in [0, 0.1) is 0 Å². The molecule has 5 heteroatoms. The molecule has 1 heterocycles. The molecule has 0 saturated carbocycles. The summed E-state index contributed by atoms with van der Waals surface area (Å²) in [7, 11) is 0. The Hall–Kier alpha value is -0.740. The van der Waals surface area contributed by atoms with Gasteiger partial charge in [-0.2, -0.15) is 0 Å². The number of para-hydroxylation sites is 2. The summed E-state index contributed by atoms with van der Waals surface area (Å²) in [6, 6.07) is 7.20. The predicted molar refractivity (Wildman–Crippen MR) is 48.8 cm³/mol. The molecule has 0 amide bonds. The van der Waals surface area contributed by atoms with Gasteiger partial charge < -0.3 is 0 Å². The Kier molecular flexibility index (Phi) is 1.94. The van der Waals surface area contributed by atoms with Crippen molar-refractivity contribution in [2.75, 3.05) is 0 Å². The lowest BCUT2D eigenvalue weighted by atomic mass is 10.3. The predicted octanol–water partition coefficient (Wildman–Crippen LogP) is 3.07. The standard InChI is InChI=1S/C7H4ClFN2S/c8-7-10-5-3-1-2-4-6(5)11(7)12-9/h1-4H. The van der Waals surface area contributed by atoms with E-state index in [0.29, 0.717) is 11.0 Å².